The molecule has 1 aliphatic rings. The molecule has 1 aromatic heterocycles. The van der Waals surface area contributed by atoms with Crippen molar-refractivity contribution in [2.24, 2.45) is 0 Å². The zero-order chi connectivity index (χ0) is 14.8. The number of nitro groups is 1. The lowest BCUT2D eigenvalue weighted by atomic mass is 10.1. The number of rotatable bonds is 4. The van der Waals surface area contributed by atoms with E-state index < -0.39 is 4.92 Å². The number of aliphatic hydroxyl groups excluding tert-OH is 1. The summed E-state index contributed by atoms with van der Waals surface area (Å²) in [6.07, 6.45) is 1.55. The summed E-state index contributed by atoms with van der Waals surface area (Å²) in [5.74, 6) is 0. The van der Waals surface area contributed by atoms with Gasteiger partial charge in [0.05, 0.1) is 22.9 Å². The number of aliphatic hydroxyl groups is 1. The van der Waals surface area contributed by atoms with E-state index in [2.05, 4.69) is 10.3 Å². The van der Waals surface area contributed by atoms with Crippen molar-refractivity contribution in [3.05, 3.63) is 45.8 Å². The number of ether oxygens (including phenoxy) is 1. The molecular weight excluding hydrogens is 276 g/mol. The highest BCUT2D eigenvalue weighted by molar-refractivity contribution is 5.44. The van der Waals surface area contributed by atoms with Gasteiger partial charge >= 0.3 is 0 Å². The van der Waals surface area contributed by atoms with E-state index in [9.17, 15) is 15.2 Å². The predicted octanol–water partition coefficient (Wildman–Crippen LogP) is 1.52. The smallest absolute Gasteiger partial charge is 0.271 e. The van der Waals surface area contributed by atoms with Crippen molar-refractivity contribution in [3.8, 4) is 5.69 Å². The molecule has 0 radical (unpaired) electrons. The average molecular weight is 290 g/mol. The fourth-order valence-electron chi connectivity index (χ4n) is 2.48. The van der Waals surface area contributed by atoms with E-state index in [-0.39, 0.29) is 18.4 Å². The Labute approximate surface area is 120 Å². The van der Waals surface area contributed by atoms with Crippen molar-refractivity contribution < 1.29 is 14.8 Å². The molecule has 3 rings (SSSR count). The van der Waals surface area contributed by atoms with E-state index in [0.29, 0.717) is 23.7 Å². The van der Waals surface area contributed by atoms with Crippen LogP contribution >= 0.6 is 0 Å². The molecule has 21 heavy (non-hydrogen) atoms. The monoisotopic (exact) mass is 290 g/mol. The first-order chi connectivity index (χ1) is 10.2. The third-order valence-corrected chi connectivity index (χ3v) is 3.45. The first-order valence-corrected chi connectivity index (χ1v) is 6.62. The number of nitro benzene ring substituents is 1. The zero-order valence-corrected chi connectivity index (χ0v) is 11.2. The molecular formula is C13H14N4O4. The van der Waals surface area contributed by atoms with Crippen molar-refractivity contribution in [3.63, 3.8) is 0 Å². The van der Waals surface area contributed by atoms with Gasteiger partial charge in [0.25, 0.3) is 5.69 Å². The van der Waals surface area contributed by atoms with Gasteiger partial charge < -0.3 is 9.84 Å². The first kappa shape index (κ1) is 13.7. The van der Waals surface area contributed by atoms with Gasteiger partial charge in [-0.3, -0.25) is 10.1 Å². The molecule has 2 aromatic rings. The van der Waals surface area contributed by atoms with Crippen molar-refractivity contribution >= 4 is 5.69 Å². The van der Waals surface area contributed by atoms with E-state index in [0.717, 1.165) is 12.8 Å². The predicted molar refractivity (Wildman–Crippen MR) is 71.9 cm³/mol. The fraction of sp³-hybridized carbons (Fsp3) is 0.385. The number of nitrogens with zero attached hydrogens (tertiary/aromatic N) is 4. The molecule has 1 N–H and O–H groups in total. The number of aromatic nitrogens is 3. The Bertz CT molecular complexity index is 664. The van der Waals surface area contributed by atoms with Crippen LogP contribution in [0.2, 0.25) is 0 Å². The molecule has 110 valence electrons. The molecule has 1 saturated heterocycles. The highest BCUT2D eigenvalue weighted by Gasteiger charge is 2.27. The molecule has 0 spiro atoms. The molecule has 0 bridgehead atoms. The van der Waals surface area contributed by atoms with Crippen molar-refractivity contribution in [2.45, 2.75) is 25.6 Å². The van der Waals surface area contributed by atoms with Gasteiger partial charge in [-0.05, 0) is 18.9 Å². The fourth-order valence-corrected chi connectivity index (χ4v) is 2.48. The van der Waals surface area contributed by atoms with Gasteiger partial charge in [0.2, 0.25) is 0 Å². The Kier molecular flexibility index (Phi) is 3.63. The molecule has 1 unspecified atom stereocenters. The Morgan fingerprint density at radius 3 is 3.05 bits per heavy atom. The second kappa shape index (κ2) is 5.58. The summed E-state index contributed by atoms with van der Waals surface area (Å²) in [7, 11) is 0. The minimum atomic E-state index is -0.459. The summed E-state index contributed by atoms with van der Waals surface area (Å²) in [6.45, 7) is 0.403. The van der Waals surface area contributed by atoms with E-state index in [1.165, 1.54) is 16.8 Å². The van der Waals surface area contributed by atoms with E-state index >= 15 is 0 Å². The van der Waals surface area contributed by atoms with Crippen LogP contribution in [0.1, 0.15) is 30.3 Å². The Hall–Kier alpha value is -2.32. The Morgan fingerprint density at radius 2 is 2.38 bits per heavy atom. The second-order valence-corrected chi connectivity index (χ2v) is 4.77. The van der Waals surface area contributed by atoms with Crippen molar-refractivity contribution in [1.29, 1.82) is 0 Å². The van der Waals surface area contributed by atoms with Crippen LogP contribution in [0.3, 0.4) is 0 Å². The van der Waals surface area contributed by atoms with Crippen molar-refractivity contribution in [2.75, 3.05) is 6.61 Å². The van der Waals surface area contributed by atoms with Crippen LogP contribution < -0.4 is 0 Å². The normalized spacial score (nSPS) is 18.0. The summed E-state index contributed by atoms with van der Waals surface area (Å²) >= 11 is 0. The summed E-state index contributed by atoms with van der Waals surface area (Å²) in [5.41, 5.74) is 1.61. The van der Waals surface area contributed by atoms with Crippen LogP contribution in [-0.4, -0.2) is 31.6 Å². The number of hydrogen-bond donors (Lipinski definition) is 1. The highest BCUT2D eigenvalue weighted by atomic mass is 16.6. The third kappa shape index (κ3) is 2.50. The molecule has 1 atom stereocenters. The maximum atomic E-state index is 10.9. The van der Waals surface area contributed by atoms with Gasteiger partial charge in [-0.25, -0.2) is 4.68 Å². The molecule has 8 nitrogen and oxygen atoms in total. The topological polar surface area (TPSA) is 103 Å². The maximum absolute atomic E-state index is 10.9. The molecule has 0 amide bonds. The van der Waals surface area contributed by atoms with Gasteiger partial charge in [0.15, 0.2) is 0 Å². The second-order valence-electron chi connectivity index (χ2n) is 4.77. The molecule has 8 heteroatoms. The number of non-ortho nitro benzene ring substituents is 1. The van der Waals surface area contributed by atoms with Crippen LogP contribution in [0.5, 0.6) is 0 Å². The summed E-state index contributed by atoms with van der Waals surface area (Å²) in [4.78, 5) is 10.4. The van der Waals surface area contributed by atoms with Crippen LogP contribution in [0.25, 0.3) is 5.69 Å². The largest absolute Gasteiger partial charge is 0.390 e. The molecule has 0 saturated carbocycles. The maximum Gasteiger partial charge on any atom is 0.271 e. The van der Waals surface area contributed by atoms with Gasteiger partial charge in [-0.2, -0.15) is 0 Å². The van der Waals surface area contributed by atoms with E-state index in [1.54, 1.807) is 12.1 Å². The van der Waals surface area contributed by atoms with Crippen LogP contribution in [0.15, 0.2) is 24.3 Å². The highest BCUT2D eigenvalue weighted by Crippen LogP contribution is 2.32. The lowest BCUT2D eigenvalue weighted by Gasteiger charge is -2.13. The quantitative estimate of drug-likeness (QED) is 0.676. The van der Waals surface area contributed by atoms with Gasteiger partial charge in [0.1, 0.15) is 11.8 Å². The minimum absolute atomic E-state index is 0.0214. The zero-order valence-electron chi connectivity index (χ0n) is 11.2. The van der Waals surface area contributed by atoms with Crippen LogP contribution in [-0.2, 0) is 11.3 Å². The minimum Gasteiger partial charge on any atom is -0.390 e. The number of hydrogen-bond acceptors (Lipinski definition) is 6. The van der Waals surface area contributed by atoms with Gasteiger partial charge in [-0.1, -0.05) is 11.3 Å². The third-order valence-electron chi connectivity index (χ3n) is 3.45. The Balaban J connectivity index is 2.07. The molecule has 2 heterocycles. The summed E-state index contributed by atoms with van der Waals surface area (Å²) < 4.78 is 7.14. The lowest BCUT2D eigenvalue weighted by molar-refractivity contribution is -0.384. The van der Waals surface area contributed by atoms with E-state index in [4.69, 9.17) is 4.74 Å². The van der Waals surface area contributed by atoms with E-state index in [1.807, 2.05) is 0 Å². The van der Waals surface area contributed by atoms with Gasteiger partial charge in [0, 0.05) is 18.7 Å². The molecule has 0 aliphatic carbocycles. The summed E-state index contributed by atoms with van der Waals surface area (Å²) in [6, 6.07) is 6.14. The van der Waals surface area contributed by atoms with Crippen LogP contribution in [0, 0.1) is 10.1 Å². The molecule has 1 fully saturated rings. The molecule has 1 aliphatic heterocycles. The first-order valence-electron chi connectivity index (χ1n) is 6.62. The molecule has 1 aromatic carbocycles. The standard InChI is InChI=1S/C13H14N4O4/c18-8-11-13(12-5-2-6-21-12)16(15-14-11)9-3-1-4-10(7-9)17(19)20/h1,3-4,7,12,18H,2,5-6,8H2. The van der Waals surface area contributed by atoms with Gasteiger partial charge in [-0.15, -0.1) is 5.10 Å². The van der Waals surface area contributed by atoms with Crippen LogP contribution in [0.4, 0.5) is 5.69 Å². The van der Waals surface area contributed by atoms with Crippen molar-refractivity contribution in [1.82, 2.24) is 15.0 Å². The SMILES string of the molecule is O=[N+]([O-])c1cccc(-n2nnc(CO)c2C2CCCO2)c1. The number of benzene rings is 1. The summed E-state index contributed by atoms with van der Waals surface area (Å²) in [5, 5.41) is 28.2. The lowest BCUT2D eigenvalue weighted by Crippen LogP contribution is -2.09. The average Bonchev–Trinajstić information content (AvgIpc) is 3.15. The Morgan fingerprint density at radius 1 is 1.52 bits per heavy atom.